The van der Waals surface area contributed by atoms with E-state index in [1.54, 1.807) is 38.1 Å². The van der Waals surface area contributed by atoms with Crippen LogP contribution in [0.1, 0.15) is 30.6 Å². The summed E-state index contributed by atoms with van der Waals surface area (Å²) in [5.74, 6) is -0.142. The number of alkyl halides is 1. The number of hydrogen-bond donors (Lipinski definition) is 0. The minimum Gasteiger partial charge on any atom is -0.464 e. The Balaban J connectivity index is 2.88. The molecule has 20 heavy (non-hydrogen) atoms. The maximum Gasteiger partial charge on any atom is 0.328 e. The summed E-state index contributed by atoms with van der Waals surface area (Å²) in [7, 11) is 0. The summed E-state index contributed by atoms with van der Waals surface area (Å²) in [6, 6.07) is 8.27. The number of ether oxygens (including phenoxy) is 1. The van der Waals surface area contributed by atoms with Crippen LogP contribution in [0.5, 0.6) is 0 Å². The molecule has 0 aliphatic rings. The van der Waals surface area contributed by atoms with E-state index in [-0.39, 0.29) is 5.91 Å². The highest BCUT2D eigenvalue weighted by Gasteiger charge is 2.27. The number of rotatable bonds is 7. The Morgan fingerprint density at radius 2 is 1.95 bits per heavy atom. The number of amides is 1. The largest absolute Gasteiger partial charge is 0.464 e. The van der Waals surface area contributed by atoms with Crippen molar-refractivity contribution in [3.05, 3.63) is 35.9 Å². The highest BCUT2D eigenvalue weighted by atomic mass is 35.5. The third kappa shape index (κ3) is 4.53. The van der Waals surface area contributed by atoms with Crippen molar-refractivity contribution in [2.45, 2.75) is 26.3 Å². The number of esters is 1. The van der Waals surface area contributed by atoms with E-state index < -0.39 is 12.0 Å². The van der Waals surface area contributed by atoms with E-state index in [0.29, 0.717) is 31.0 Å². The molecule has 1 atom stereocenters. The van der Waals surface area contributed by atoms with Crippen LogP contribution < -0.4 is 0 Å². The van der Waals surface area contributed by atoms with Crippen molar-refractivity contribution in [1.29, 1.82) is 0 Å². The van der Waals surface area contributed by atoms with Crippen molar-refractivity contribution < 1.29 is 14.3 Å². The summed E-state index contributed by atoms with van der Waals surface area (Å²) in [5, 5.41) is 0. The molecule has 1 aromatic rings. The predicted octanol–water partition coefficient (Wildman–Crippen LogP) is 2.71. The van der Waals surface area contributed by atoms with Crippen molar-refractivity contribution in [3.63, 3.8) is 0 Å². The van der Waals surface area contributed by atoms with Crippen LogP contribution in [0.4, 0.5) is 0 Å². The molecule has 0 aliphatic heterocycles. The van der Waals surface area contributed by atoms with Crippen LogP contribution in [-0.2, 0) is 9.53 Å². The fourth-order valence-electron chi connectivity index (χ4n) is 1.84. The van der Waals surface area contributed by atoms with Crippen LogP contribution in [0.3, 0.4) is 0 Å². The first-order valence-electron chi connectivity index (χ1n) is 6.70. The average molecular weight is 298 g/mol. The molecule has 0 heterocycles. The molecule has 0 saturated heterocycles. The number of carbonyl (C=O) groups is 2. The van der Waals surface area contributed by atoms with Crippen molar-refractivity contribution in [2.75, 3.05) is 19.0 Å². The standard InChI is InChI=1S/C15H20ClNO3/c1-3-20-15(19)12(2)17(11-7-10-16)14(18)13-8-5-4-6-9-13/h4-6,8-9,12H,3,7,10-11H2,1-2H3. The predicted molar refractivity (Wildman–Crippen MR) is 78.9 cm³/mol. The number of nitrogens with zero attached hydrogens (tertiary/aromatic N) is 1. The normalized spacial score (nSPS) is 11.8. The van der Waals surface area contributed by atoms with Crippen LogP contribution >= 0.6 is 11.6 Å². The van der Waals surface area contributed by atoms with Gasteiger partial charge in [-0.05, 0) is 32.4 Å². The van der Waals surface area contributed by atoms with Gasteiger partial charge in [-0.1, -0.05) is 18.2 Å². The van der Waals surface area contributed by atoms with Crippen LogP contribution in [0.2, 0.25) is 0 Å². The summed E-state index contributed by atoms with van der Waals surface area (Å²) in [6.07, 6.45) is 0.629. The molecule has 1 rings (SSSR count). The molecule has 0 spiro atoms. The maximum atomic E-state index is 12.5. The van der Waals surface area contributed by atoms with Crippen molar-refractivity contribution in [2.24, 2.45) is 0 Å². The fraction of sp³-hybridized carbons (Fsp3) is 0.467. The molecule has 0 radical (unpaired) electrons. The zero-order valence-electron chi connectivity index (χ0n) is 11.8. The lowest BCUT2D eigenvalue weighted by Gasteiger charge is -2.27. The van der Waals surface area contributed by atoms with Gasteiger partial charge in [-0.15, -0.1) is 11.6 Å². The first kappa shape index (κ1) is 16.5. The third-order valence-corrected chi connectivity index (χ3v) is 3.18. The molecule has 1 aromatic carbocycles. The lowest BCUT2D eigenvalue weighted by atomic mass is 10.1. The lowest BCUT2D eigenvalue weighted by molar-refractivity contribution is -0.147. The number of benzene rings is 1. The summed E-state index contributed by atoms with van der Waals surface area (Å²) in [4.78, 5) is 25.8. The van der Waals surface area contributed by atoms with Gasteiger partial charge in [0, 0.05) is 18.0 Å². The van der Waals surface area contributed by atoms with Gasteiger partial charge in [-0.2, -0.15) is 0 Å². The molecule has 1 unspecified atom stereocenters. The van der Waals surface area contributed by atoms with E-state index in [9.17, 15) is 9.59 Å². The molecule has 1 amide bonds. The van der Waals surface area contributed by atoms with Crippen LogP contribution in [0.25, 0.3) is 0 Å². The molecule has 0 bridgehead atoms. The SMILES string of the molecule is CCOC(=O)C(C)N(CCCCl)C(=O)c1ccccc1. The first-order valence-corrected chi connectivity index (χ1v) is 7.23. The highest BCUT2D eigenvalue weighted by Crippen LogP contribution is 2.11. The molecule has 0 aliphatic carbocycles. The first-order chi connectivity index (χ1) is 9.61. The summed E-state index contributed by atoms with van der Waals surface area (Å²) >= 11 is 5.69. The average Bonchev–Trinajstić information content (AvgIpc) is 2.48. The zero-order chi connectivity index (χ0) is 15.0. The third-order valence-electron chi connectivity index (χ3n) is 2.91. The van der Waals surface area contributed by atoms with Gasteiger partial charge in [0.25, 0.3) is 5.91 Å². The molecule has 5 heteroatoms. The monoisotopic (exact) mass is 297 g/mol. The summed E-state index contributed by atoms with van der Waals surface area (Å²) < 4.78 is 4.98. The molecule has 0 N–H and O–H groups in total. The van der Waals surface area contributed by atoms with E-state index in [0.717, 1.165) is 0 Å². The Bertz CT molecular complexity index is 436. The number of halogens is 1. The quantitative estimate of drug-likeness (QED) is 0.574. The zero-order valence-corrected chi connectivity index (χ0v) is 12.6. The minimum atomic E-state index is -0.620. The molecule has 0 aromatic heterocycles. The van der Waals surface area contributed by atoms with Crippen molar-refractivity contribution in [3.8, 4) is 0 Å². The second kappa shape index (κ2) is 8.59. The second-order valence-electron chi connectivity index (χ2n) is 4.34. The maximum absolute atomic E-state index is 12.5. The molecular formula is C15H20ClNO3. The molecule has 0 fully saturated rings. The van der Waals surface area contributed by atoms with E-state index in [4.69, 9.17) is 16.3 Å². The van der Waals surface area contributed by atoms with Gasteiger partial charge < -0.3 is 9.64 Å². The second-order valence-corrected chi connectivity index (χ2v) is 4.71. The summed E-state index contributed by atoms with van der Waals surface area (Å²) in [6.45, 7) is 4.14. The smallest absolute Gasteiger partial charge is 0.328 e. The van der Waals surface area contributed by atoms with Crippen LogP contribution in [0.15, 0.2) is 30.3 Å². The van der Waals surface area contributed by atoms with Crippen molar-refractivity contribution >= 4 is 23.5 Å². The number of carbonyl (C=O) groups excluding carboxylic acids is 2. The van der Waals surface area contributed by atoms with Crippen LogP contribution in [0, 0.1) is 0 Å². The van der Waals surface area contributed by atoms with Gasteiger partial charge in [0.15, 0.2) is 0 Å². The minimum absolute atomic E-state index is 0.184. The van der Waals surface area contributed by atoms with E-state index in [2.05, 4.69) is 0 Å². The number of hydrogen-bond acceptors (Lipinski definition) is 3. The molecule has 0 saturated carbocycles. The van der Waals surface area contributed by atoms with Crippen LogP contribution in [-0.4, -0.2) is 41.8 Å². The fourth-order valence-corrected chi connectivity index (χ4v) is 1.96. The van der Waals surface area contributed by atoms with E-state index in [1.165, 1.54) is 4.90 Å². The molecule has 110 valence electrons. The van der Waals surface area contributed by atoms with E-state index in [1.807, 2.05) is 6.07 Å². The van der Waals surface area contributed by atoms with Gasteiger partial charge >= 0.3 is 5.97 Å². The summed E-state index contributed by atoms with van der Waals surface area (Å²) in [5.41, 5.74) is 0.554. The Morgan fingerprint density at radius 1 is 1.30 bits per heavy atom. The topological polar surface area (TPSA) is 46.6 Å². The van der Waals surface area contributed by atoms with Gasteiger partial charge in [0.2, 0.25) is 0 Å². The van der Waals surface area contributed by atoms with Gasteiger partial charge in [-0.3, -0.25) is 4.79 Å². The van der Waals surface area contributed by atoms with E-state index >= 15 is 0 Å². The highest BCUT2D eigenvalue weighted by molar-refractivity contribution is 6.17. The Morgan fingerprint density at radius 3 is 2.50 bits per heavy atom. The van der Waals surface area contributed by atoms with Gasteiger partial charge in [0.1, 0.15) is 6.04 Å². The van der Waals surface area contributed by atoms with Gasteiger partial charge in [0.05, 0.1) is 6.61 Å². The lowest BCUT2D eigenvalue weighted by Crippen LogP contribution is -2.44. The Kier molecular flexibility index (Phi) is 7.09. The Labute approximate surface area is 124 Å². The molecular weight excluding hydrogens is 278 g/mol. The molecule has 4 nitrogen and oxygen atoms in total. The Hall–Kier alpha value is -1.55. The van der Waals surface area contributed by atoms with Crippen molar-refractivity contribution in [1.82, 2.24) is 4.90 Å². The van der Waals surface area contributed by atoms with Gasteiger partial charge in [-0.25, -0.2) is 4.79 Å².